The number of hydrogen-bond acceptors (Lipinski definition) is 5. The molecule has 0 spiro atoms. The fourth-order valence-corrected chi connectivity index (χ4v) is 1.76. The predicted octanol–water partition coefficient (Wildman–Crippen LogP) is 1.96. The number of nitrogens with one attached hydrogen (secondary N) is 2. The van der Waals surface area contributed by atoms with Crippen molar-refractivity contribution in [2.24, 2.45) is 0 Å². The molecular weight excluding hydrogens is 210 g/mol. The molecule has 2 aromatic heterocycles. The molecule has 3 aromatic rings. The summed E-state index contributed by atoms with van der Waals surface area (Å²) in [5, 5.41) is 19.3. The van der Waals surface area contributed by atoms with Gasteiger partial charge in [-0.05, 0) is 18.2 Å². The van der Waals surface area contributed by atoms with Crippen molar-refractivity contribution < 1.29 is 0 Å². The van der Waals surface area contributed by atoms with Crippen molar-refractivity contribution >= 4 is 33.1 Å². The number of aromatic nitrogens is 4. The molecule has 6 heteroatoms. The van der Waals surface area contributed by atoms with Crippen LogP contribution in [0.4, 0.5) is 10.8 Å². The third-order valence-electron chi connectivity index (χ3n) is 2.02. The Labute approximate surface area is 89.2 Å². The minimum absolute atomic E-state index is 0.734. The molecular formula is C9H6N5S. The predicted molar refractivity (Wildman–Crippen MR) is 58.1 cm³/mol. The minimum atomic E-state index is 0.734. The van der Waals surface area contributed by atoms with Gasteiger partial charge in [-0.15, -0.1) is 10.2 Å². The van der Waals surface area contributed by atoms with Gasteiger partial charge in [-0.25, -0.2) is 0 Å². The van der Waals surface area contributed by atoms with E-state index in [1.165, 1.54) is 11.3 Å². The topological polar surface area (TPSA) is 66.5 Å². The monoisotopic (exact) mass is 216 g/mol. The van der Waals surface area contributed by atoms with Gasteiger partial charge in [0.15, 0.2) is 5.51 Å². The van der Waals surface area contributed by atoms with Crippen LogP contribution >= 0.6 is 11.3 Å². The number of H-pyrrole nitrogens is 1. The van der Waals surface area contributed by atoms with Crippen LogP contribution in [0.15, 0.2) is 24.4 Å². The van der Waals surface area contributed by atoms with Crippen molar-refractivity contribution in [3.8, 4) is 0 Å². The minimum Gasteiger partial charge on any atom is -0.330 e. The summed E-state index contributed by atoms with van der Waals surface area (Å²) in [6.45, 7) is 0. The van der Waals surface area contributed by atoms with E-state index >= 15 is 0 Å². The van der Waals surface area contributed by atoms with E-state index in [1.54, 1.807) is 6.20 Å². The first-order chi connectivity index (χ1) is 7.42. The lowest BCUT2D eigenvalue weighted by molar-refractivity contribution is 1.09. The lowest BCUT2D eigenvalue weighted by Crippen LogP contribution is -1.88. The van der Waals surface area contributed by atoms with Gasteiger partial charge in [0, 0.05) is 11.1 Å². The third kappa shape index (κ3) is 1.55. The molecule has 0 aliphatic heterocycles. The van der Waals surface area contributed by atoms with E-state index in [9.17, 15) is 0 Å². The van der Waals surface area contributed by atoms with Crippen molar-refractivity contribution in [1.29, 1.82) is 0 Å². The number of rotatable bonds is 2. The highest BCUT2D eigenvalue weighted by Crippen LogP contribution is 2.21. The number of hydrogen-bond donors (Lipinski definition) is 2. The molecule has 2 N–H and O–H groups in total. The first-order valence-corrected chi connectivity index (χ1v) is 5.13. The van der Waals surface area contributed by atoms with Crippen LogP contribution in [0.2, 0.25) is 0 Å². The van der Waals surface area contributed by atoms with Crippen LogP contribution in [0.5, 0.6) is 0 Å². The van der Waals surface area contributed by atoms with Gasteiger partial charge in [-0.3, -0.25) is 5.10 Å². The summed E-state index contributed by atoms with van der Waals surface area (Å²) in [5.41, 5.74) is 4.67. The van der Waals surface area contributed by atoms with E-state index in [0.29, 0.717) is 0 Å². The second-order valence-corrected chi connectivity index (χ2v) is 3.77. The molecule has 0 saturated carbocycles. The number of nitrogens with zero attached hydrogens (tertiary/aromatic N) is 3. The standard InChI is InChI=1S/C9H6N5S/c1-2-8-6(4-10-13-8)3-7(1)12-9-14-11-5-15-9/h1-4H,(H,10,13)(H,12,14). The van der Waals surface area contributed by atoms with Gasteiger partial charge in [-0.1, -0.05) is 11.3 Å². The lowest BCUT2D eigenvalue weighted by atomic mass is 10.2. The van der Waals surface area contributed by atoms with Crippen molar-refractivity contribution in [2.75, 3.05) is 5.32 Å². The molecule has 3 rings (SSSR count). The van der Waals surface area contributed by atoms with Crippen LogP contribution in [-0.2, 0) is 0 Å². The fraction of sp³-hybridized carbons (Fsp3) is 0. The van der Waals surface area contributed by atoms with Gasteiger partial charge in [0.05, 0.1) is 11.7 Å². The number of aromatic amines is 1. The molecule has 73 valence electrons. The molecule has 2 heterocycles. The maximum Gasteiger partial charge on any atom is 0.210 e. The van der Waals surface area contributed by atoms with E-state index in [0.717, 1.165) is 21.7 Å². The van der Waals surface area contributed by atoms with Crippen molar-refractivity contribution in [3.05, 3.63) is 29.9 Å². The normalized spacial score (nSPS) is 10.7. The highest BCUT2D eigenvalue weighted by atomic mass is 32.1. The summed E-state index contributed by atoms with van der Waals surface area (Å²) in [7, 11) is 0. The number of benzene rings is 1. The highest BCUT2D eigenvalue weighted by Gasteiger charge is 2.00. The average Bonchev–Trinajstić information content (AvgIpc) is 2.87. The zero-order chi connectivity index (χ0) is 10.1. The SMILES string of the molecule is [c]1nnc(Nc2ccc3[nH]ncc3c2)s1. The number of anilines is 2. The third-order valence-corrected chi connectivity index (χ3v) is 2.57. The van der Waals surface area contributed by atoms with Crippen LogP contribution in [-0.4, -0.2) is 20.4 Å². The maximum absolute atomic E-state index is 3.96. The Morgan fingerprint density at radius 2 is 2.40 bits per heavy atom. The van der Waals surface area contributed by atoms with Gasteiger partial charge in [0.2, 0.25) is 5.13 Å². The van der Waals surface area contributed by atoms with Crippen molar-refractivity contribution in [2.45, 2.75) is 0 Å². The van der Waals surface area contributed by atoms with E-state index in [4.69, 9.17) is 0 Å². The first kappa shape index (κ1) is 8.37. The van der Waals surface area contributed by atoms with Crippen LogP contribution in [0, 0.1) is 5.51 Å². The lowest BCUT2D eigenvalue weighted by Gasteiger charge is -2.00. The molecule has 0 aliphatic rings. The number of fused-ring (bicyclic) bond motifs is 1. The zero-order valence-electron chi connectivity index (χ0n) is 7.56. The van der Waals surface area contributed by atoms with Gasteiger partial charge in [0.25, 0.3) is 0 Å². The van der Waals surface area contributed by atoms with Crippen LogP contribution in [0.25, 0.3) is 10.9 Å². The molecule has 1 radical (unpaired) electrons. The van der Waals surface area contributed by atoms with E-state index < -0.39 is 0 Å². The summed E-state index contributed by atoms with van der Waals surface area (Å²) in [6.07, 6.45) is 1.78. The summed E-state index contributed by atoms with van der Waals surface area (Å²) in [4.78, 5) is 0. The van der Waals surface area contributed by atoms with Crippen molar-refractivity contribution in [3.63, 3.8) is 0 Å². The first-order valence-electron chi connectivity index (χ1n) is 4.31. The summed E-state index contributed by atoms with van der Waals surface area (Å²) < 4.78 is 0. The largest absolute Gasteiger partial charge is 0.330 e. The molecule has 0 aliphatic carbocycles. The zero-order valence-corrected chi connectivity index (χ0v) is 8.38. The molecule has 5 nitrogen and oxygen atoms in total. The Balaban J connectivity index is 1.97. The Morgan fingerprint density at radius 1 is 1.40 bits per heavy atom. The van der Waals surface area contributed by atoms with E-state index in [2.05, 4.69) is 31.2 Å². The molecule has 0 amide bonds. The summed E-state index contributed by atoms with van der Waals surface area (Å²) in [6, 6.07) is 5.93. The fourth-order valence-electron chi connectivity index (χ4n) is 1.34. The molecule has 1 aromatic carbocycles. The molecule has 0 unspecified atom stereocenters. The van der Waals surface area contributed by atoms with E-state index in [-0.39, 0.29) is 0 Å². The van der Waals surface area contributed by atoms with Gasteiger partial charge in [-0.2, -0.15) is 5.10 Å². The summed E-state index contributed by atoms with van der Waals surface area (Å²) in [5.74, 6) is 0. The Morgan fingerprint density at radius 3 is 3.27 bits per heavy atom. The van der Waals surface area contributed by atoms with E-state index in [1.807, 2.05) is 18.2 Å². The smallest absolute Gasteiger partial charge is 0.210 e. The molecule has 0 fully saturated rings. The maximum atomic E-state index is 3.96. The molecule has 0 bridgehead atoms. The van der Waals surface area contributed by atoms with Crippen molar-refractivity contribution in [1.82, 2.24) is 20.4 Å². The highest BCUT2D eigenvalue weighted by molar-refractivity contribution is 7.12. The Bertz CT molecular complexity index is 571. The van der Waals surface area contributed by atoms with Crippen LogP contribution < -0.4 is 5.32 Å². The summed E-state index contributed by atoms with van der Waals surface area (Å²) >= 11 is 1.34. The van der Waals surface area contributed by atoms with Gasteiger partial charge < -0.3 is 5.32 Å². The average molecular weight is 216 g/mol. The molecule has 0 atom stereocenters. The van der Waals surface area contributed by atoms with Gasteiger partial charge in [0.1, 0.15) is 0 Å². The van der Waals surface area contributed by atoms with Crippen LogP contribution in [0.1, 0.15) is 0 Å². The quantitative estimate of drug-likeness (QED) is 0.687. The molecule has 0 saturated heterocycles. The Hall–Kier alpha value is -1.95. The van der Waals surface area contributed by atoms with Crippen LogP contribution in [0.3, 0.4) is 0 Å². The Kier molecular flexibility index (Phi) is 1.85. The second kappa shape index (κ2) is 3.32. The molecule has 15 heavy (non-hydrogen) atoms. The second-order valence-electron chi connectivity index (χ2n) is 3.00. The van der Waals surface area contributed by atoms with Gasteiger partial charge >= 0.3 is 0 Å².